The first-order valence-corrected chi connectivity index (χ1v) is 7.71. The number of nitrogens with one attached hydrogen (secondary N) is 2. The number of fused-ring (bicyclic) bond motifs is 1. The molecule has 0 bridgehead atoms. The van der Waals surface area contributed by atoms with E-state index >= 15 is 0 Å². The minimum atomic E-state index is -0.687. The molecule has 24 heavy (non-hydrogen) atoms. The molecule has 2 aromatic rings. The first-order chi connectivity index (χ1) is 11.7. The van der Waals surface area contributed by atoms with Gasteiger partial charge in [0.1, 0.15) is 12.7 Å². The van der Waals surface area contributed by atoms with Crippen molar-refractivity contribution in [3.63, 3.8) is 0 Å². The zero-order valence-electron chi connectivity index (χ0n) is 13.0. The Balaban J connectivity index is 1.43. The molecule has 1 heterocycles. The van der Waals surface area contributed by atoms with Crippen molar-refractivity contribution in [3.8, 4) is 11.5 Å². The van der Waals surface area contributed by atoms with Gasteiger partial charge in [-0.15, -0.1) is 0 Å². The van der Waals surface area contributed by atoms with Crippen LogP contribution in [0.15, 0.2) is 54.6 Å². The third-order valence-electron chi connectivity index (χ3n) is 3.56. The molecule has 0 saturated heterocycles. The fourth-order valence-electron chi connectivity index (χ4n) is 2.31. The molecule has 1 aliphatic rings. The maximum atomic E-state index is 11.8. The van der Waals surface area contributed by atoms with Gasteiger partial charge in [0.15, 0.2) is 11.5 Å². The molecule has 2 aromatic carbocycles. The van der Waals surface area contributed by atoms with Gasteiger partial charge >= 0.3 is 11.8 Å². The highest BCUT2D eigenvalue weighted by Crippen LogP contribution is 2.30. The predicted octanol–water partition coefficient (Wildman–Crippen LogP) is 1.26. The molecule has 6 heteroatoms. The molecular formula is C18H18N2O4. The van der Waals surface area contributed by atoms with E-state index in [4.69, 9.17) is 9.47 Å². The molecule has 124 valence electrons. The van der Waals surface area contributed by atoms with Crippen molar-refractivity contribution >= 4 is 11.8 Å². The summed E-state index contributed by atoms with van der Waals surface area (Å²) in [6, 6.07) is 16.7. The summed E-state index contributed by atoms with van der Waals surface area (Å²) < 4.78 is 11.3. The van der Waals surface area contributed by atoms with Crippen LogP contribution in [0.2, 0.25) is 0 Å². The van der Waals surface area contributed by atoms with Gasteiger partial charge in [0.25, 0.3) is 0 Å². The molecule has 1 atom stereocenters. The smallest absolute Gasteiger partial charge is 0.309 e. The van der Waals surface area contributed by atoms with E-state index in [2.05, 4.69) is 10.6 Å². The van der Waals surface area contributed by atoms with E-state index in [0.717, 1.165) is 5.56 Å². The van der Waals surface area contributed by atoms with E-state index in [0.29, 0.717) is 24.7 Å². The third kappa shape index (κ3) is 4.04. The zero-order chi connectivity index (χ0) is 16.8. The minimum Gasteiger partial charge on any atom is -0.486 e. The van der Waals surface area contributed by atoms with Gasteiger partial charge in [-0.3, -0.25) is 9.59 Å². The second kappa shape index (κ2) is 7.50. The summed E-state index contributed by atoms with van der Waals surface area (Å²) in [6.45, 7) is 0.832. The van der Waals surface area contributed by atoms with Crippen LogP contribution < -0.4 is 20.1 Å². The van der Waals surface area contributed by atoms with Crippen molar-refractivity contribution in [2.75, 3.05) is 13.2 Å². The maximum Gasteiger partial charge on any atom is 0.309 e. The van der Waals surface area contributed by atoms with E-state index in [1.54, 1.807) is 6.07 Å². The SMILES string of the molecule is O=C(NCc1ccccc1)C(=O)NC[C@@H]1COc2ccccc2O1. The number of ether oxygens (including phenoxy) is 2. The third-order valence-corrected chi connectivity index (χ3v) is 3.56. The normalized spacial score (nSPS) is 15.4. The first kappa shape index (κ1) is 15.9. The van der Waals surface area contributed by atoms with Gasteiger partial charge in [-0.1, -0.05) is 42.5 Å². The summed E-state index contributed by atoms with van der Waals surface area (Å²) in [5.41, 5.74) is 0.930. The summed E-state index contributed by atoms with van der Waals surface area (Å²) >= 11 is 0. The minimum absolute atomic E-state index is 0.200. The van der Waals surface area contributed by atoms with Crippen LogP contribution in [0.1, 0.15) is 5.56 Å². The topological polar surface area (TPSA) is 76.7 Å². The number of benzene rings is 2. The van der Waals surface area contributed by atoms with E-state index < -0.39 is 11.8 Å². The van der Waals surface area contributed by atoms with E-state index in [-0.39, 0.29) is 12.6 Å². The van der Waals surface area contributed by atoms with Gasteiger partial charge in [-0.2, -0.15) is 0 Å². The van der Waals surface area contributed by atoms with Crippen molar-refractivity contribution < 1.29 is 19.1 Å². The van der Waals surface area contributed by atoms with Gasteiger partial charge in [0.2, 0.25) is 0 Å². The molecule has 0 saturated carbocycles. The molecule has 0 radical (unpaired) electrons. The van der Waals surface area contributed by atoms with Crippen LogP contribution in [-0.2, 0) is 16.1 Å². The summed E-state index contributed by atoms with van der Waals surface area (Å²) in [5.74, 6) is -0.0402. The summed E-state index contributed by atoms with van der Waals surface area (Å²) in [4.78, 5) is 23.6. The molecule has 2 amide bonds. The summed E-state index contributed by atoms with van der Waals surface area (Å²) in [5, 5.41) is 5.14. The number of carbonyl (C=O) groups excluding carboxylic acids is 2. The highest BCUT2D eigenvalue weighted by Gasteiger charge is 2.22. The Labute approximate surface area is 139 Å². The second-order valence-electron chi connectivity index (χ2n) is 5.38. The highest BCUT2D eigenvalue weighted by molar-refractivity contribution is 6.35. The van der Waals surface area contributed by atoms with Crippen LogP contribution in [0, 0.1) is 0 Å². The molecule has 3 rings (SSSR count). The molecule has 0 aromatic heterocycles. The molecule has 0 unspecified atom stereocenters. The number of hydrogen-bond acceptors (Lipinski definition) is 4. The molecule has 0 aliphatic carbocycles. The molecule has 0 spiro atoms. The monoisotopic (exact) mass is 326 g/mol. The van der Waals surface area contributed by atoms with Crippen LogP contribution in [-0.4, -0.2) is 31.1 Å². The van der Waals surface area contributed by atoms with E-state index in [1.807, 2.05) is 48.5 Å². The van der Waals surface area contributed by atoms with Crippen LogP contribution >= 0.6 is 0 Å². The number of amides is 2. The molecule has 6 nitrogen and oxygen atoms in total. The predicted molar refractivity (Wildman–Crippen MR) is 87.7 cm³/mol. The average molecular weight is 326 g/mol. The largest absolute Gasteiger partial charge is 0.486 e. The van der Waals surface area contributed by atoms with Crippen LogP contribution in [0.5, 0.6) is 11.5 Å². The number of para-hydroxylation sites is 2. The quantitative estimate of drug-likeness (QED) is 0.829. The lowest BCUT2D eigenvalue weighted by Gasteiger charge is -2.26. The van der Waals surface area contributed by atoms with Crippen molar-refractivity contribution in [1.82, 2.24) is 10.6 Å². The van der Waals surface area contributed by atoms with Crippen LogP contribution in [0.3, 0.4) is 0 Å². The lowest BCUT2D eigenvalue weighted by molar-refractivity contribution is -0.139. The Bertz CT molecular complexity index is 718. The van der Waals surface area contributed by atoms with Crippen molar-refractivity contribution in [1.29, 1.82) is 0 Å². The first-order valence-electron chi connectivity index (χ1n) is 7.71. The lowest BCUT2D eigenvalue weighted by atomic mass is 10.2. The number of rotatable bonds is 4. The van der Waals surface area contributed by atoms with E-state index in [9.17, 15) is 9.59 Å². The zero-order valence-corrected chi connectivity index (χ0v) is 13.0. The average Bonchev–Trinajstić information content (AvgIpc) is 2.64. The molecule has 0 fully saturated rings. The Morgan fingerprint density at radius 2 is 1.58 bits per heavy atom. The van der Waals surface area contributed by atoms with E-state index in [1.165, 1.54) is 0 Å². The Morgan fingerprint density at radius 1 is 0.917 bits per heavy atom. The van der Waals surface area contributed by atoms with Gasteiger partial charge in [0, 0.05) is 6.54 Å². The van der Waals surface area contributed by atoms with Crippen molar-refractivity contribution in [2.45, 2.75) is 12.6 Å². The molecule has 1 aliphatic heterocycles. The Kier molecular flexibility index (Phi) is 4.96. The van der Waals surface area contributed by atoms with Gasteiger partial charge in [-0.05, 0) is 17.7 Å². The summed E-state index contributed by atoms with van der Waals surface area (Å²) in [7, 11) is 0. The van der Waals surface area contributed by atoms with Gasteiger partial charge < -0.3 is 20.1 Å². The lowest BCUT2D eigenvalue weighted by Crippen LogP contribution is -2.45. The van der Waals surface area contributed by atoms with Crippen molar-refractivity contribution in [3.05, 3.63) is 60.2 Å². The second-order valence-corrected chi connectivity index (χ2v) is 5.38. The Hall–Kier alpha value is -3.02. The van der Waals surface area contributed by atoms with Crippen molar-refractivity contribution in [2.24, 2.45) is 0 Å². The van der Waals surface area contributed by atoms with Gasteiger partial charge in [-0.25, -0.2) is 0 Å². The summed E-state index contributed by atoms with van der Waals surface area (Å²) in [6.07, 6.45) is -0.328. The number of hydrogen-bond donors (Lipinski definition) is 2. The Morgan fingerprint density at radius 3 is 2.38 bits per heavy atom. The fraction of sp³-hybridized carbons (Fsp3) is 0.222. The van der Waals surface area contributed by atoms with Crippen LogP contribution in [0.4, 0.5) is 0 Å². The van der Waals surface area contributed by atoms with Crippen LogP contribution in [0.25, 0.3) is 0 Å². The van der Waals surface area contributed by atoms with Gasteiger partial charge in [0.05, 0.1) is 6.54 Å². The standard InChI is InChI=1S/C18H18N2O4/c21-17(19-10-13-6-2-1-3-7-13)18(22)20-11-14-12-23-15-8-4-5-9-16(15)24-14/h1-9,14H,10-12H2,(H,19,21)(H,20,22)/t14-/m1/s1. The molecular weight excluding hydrogens is 308 g/mol. The maximum absolute atomic E-state index is 11.8. The number of carbonyl (C=O) groups is 2. The fourth-order valence-corrected chi connectivity index (χ4v) is 2.31. The highest BCUT2D eigenvalue weighted by atomic mass is 16.6. The molecule has 2 N–H and O–H groups in total.